The maximum atomic E-state index is 12.4. The van der Waals surface area contributed by atoms with E-state index >= 15 is 0 Å². The predicted octanol–water partition coefficient (Wildman–Crippen LogP) is 1.99. The van der Waals surface area contributed by atoms with Crippen LogP contribution in [0.4, 0.5) is 0 Å². The van der Waals surface area contributed by atoms with Crippen molar-refractivity contribution in [2.75, 3.05) is 6.54 Å². The van der Waals surface area contributed by atoms with Crippen LogP contribution in [0.25, 0.3) is 0 Å². The van der Waals surface area contributed by atoms with E-state index in [1.807, 2.05) is 12.1 Å². The fourth-order valence-electron chi connectivity index (χ4n) is 5.56. The number of furan rings is 1. The van der Waals surface area contributed by atoms with Gasteiger partial charge in [0.05, 0.1) is 6.26 Å². The smallest absolute Gasteiger partial charge is 0.275 e. The van der Waals surface area contributed by atoms with Gasteiger partial charge in [-0.25, -0.2) is 0 Å². The molecule has 0 aliphatic heterocycles. The minimum absolute atomic E-state index is 0.133. The summed E-state index contributed by atoms with van der Waals surface area (Å²) in [6.07, 6.45) is 9.59. The van der Waals surface area contributed by atoms with Gasteiger partial charge in [-0.1, -0.05) is 0 Å². The molecule has 22 heavy (non-hydrogen) atoms. The summed E-state index contributed by atoms with van der Waals surface area (Å²) in [5.74, 6) is 3.75. The van der Waals surface area contributed by atoms with Gasteiger partial charge in [0.25, 0.3) is 5.91 Å². The molecule has 4 aliphatic carbocycles. The van der Waals surface area contributed by atoms with Crippen molar-refractivity contribution in [2.45, 2.75) is 57.0 Å². The molecule has 4 saturated carbocycles. The summed E-state index contributed by atoms with van der Waals surface area (Å²) in [7, 11) is 0. The Labute approximate surface area is 132 Å². The van der Waals surface area contributed by atoms with Crippen LogP contribution >= 0.6 is 0 Å². The number of amides is 1. The molecule has 4 fully saturated rings. The van der Waals surface area contributed by atoms with Gasteiger partial charge in [-0.3, -0.25) is 4.79 Å². The second-order valence-electron chi connectivity index (χ2n) is 7.99. The highest BCUT2D eigenvalue weighted by Gasteiger charge is 2.51. The zero-order valence-electron chi connectivity index (χ0n) is 13.4. The highest BCUT2D eigenvalue weighted by molar-refractivity contribution is 5.77. The van der Waals surface area contributed by atoms with Gasteiger partial charge in [-0.15, -0.1) is 0 Å². The molecule has 4 aliphatic rings. The molecule has 4 heteroatoms. The summed E-state index contributed by atoms with van der Waals surface area (Å²) in [5.41, 5.74) is 0.133. The number of hydrogen-bond acceptors (Lipinski definition) is 2. The molecule has 5 rings (SSSR count). The summed E-state index contributed by atoms with van der Waals surface area (Å²) < 4.78 is 5.40. The number of carbonyl (C=O) groups is 1. The Morgan fingerprint density at radius 3 is 2.50 bits per heavy atom. The lowest BCUT2D eigenvalue weighted by Crippen LogP contribution is -2.87. The van der Waals surface area contributed by atoms with E-state index in [0.717, 1.165) is 23.5 Å². The molecule has 4 bridgehead atoms. The molecule has 4 nitrogen and oxygen atoms in total. The Balaban J connectivity index is 1.32. The van der Waals surface area contributed by atoms with Crippen molar-refractivity contribution in [3.05, 3.63) is 24.2 Å². The molecule has 1 aromatic heterocycles. The minimum Gasteiger partial charge on any atom is -0.463 e. The van der Waals surface area contributed by atoms with Gasteiger partial charge in [-0.05, 0) is 75.3 Å². The zero-order chi connectivity index (χ0) is 15.2. The molecular formula is C18H27N2O2+. The Bertz CT molecular complexity index is 502. The third-order valence-electron chi connectivity index (χ3n) is 6.09. The minimum atomic E-state index is 0.133. The number of hydrogen-bond donors (Lipinski definition) is 2. The molecular weight excluding hydrogens is 276 g/mol. The van der Waals surface area contributed by atoms with E-state index in [0.29, 0.717) is 6.54 Å². The molecule has 0 saturated heterocycles. The SMILES string of the molecule is C[C@H]([NH2+]CC(=O)NC12CC3CC(CC(C3)C1)C2)c1ccco1. The third-order valence-corrected chi connectivity index (χ3v) is 6.09. The normalized spacial score (nSPS) is 37.2. The van der Waals surface area contributed by atoms with Gasteiger partial charge in [0.15, 0.2) is 12.3 Å². The lowest BCUT2D eigenvalue weighted by atomic mass is 9.53. The number of nitrogens with two attached hydrogens (primary N) is 1. The van der Waals surface area contributed by atoms with E-state index in [9.17, 15) is 4.79 Å². The van der Waals surface area contributed by atoms with Crippen molar-refractivity contribution in [3.63, 3.8) is 0 Å². The third kappa shape index (κ3) is 2.69. The molecule has 120 valence electrons. The number of carbonyl (C=O) groups excluding carboxylic acids is 1. The maximum Gasteiger partial charge on any atom is 0.275 e. The first-order valence-electron chi connectivity index (χ1n) is 8.80. The monoisotopic (exact) mass is 303 g/mol. The lowest BCUT2D eigenvalue weighted by molar-refractivity contribution is -0.684. The summed E-state index contributed by atoms with van der Waals surface area (Å²) in [6.45, 7) is 2.57. The van der Waals surface area contributed by atoms with E-state index in [-0.39, 0.29) is 17.5 Å². The first-order chi connectivity index (χ1) is 10.6. The fraction of sp³-hybridized carbons (Fsp3) is 0.722. The fourth-order valence-corrected chi connectivity index (χ4v) is 5.56. The maximum absolute atomic E-state index is 12.4. The van der Waals surface area contributed by atoms with Crippen LogP contribution in [0, 0.1) is 17.8 Å². The molecule has 1 amide bonds. The van der Waals surface area contributed by atoms with E-state index in [1.165, 1.54) is 38.5 Å². The van der Waals surface area contributed by atoms with Crippen LogP contribution in [0.1, 0.15) is 57.3 Å². The van der Waals surface area contributed by atoms with Crippen molar-refractivity contribution in [1.82, 2.24) is 5.32 Å². The molecule has 0 aromatic carbocycles. The summed E-state index contributed by atoms with van der Waals surface area (Å²) in [5, 5.41) is 5.49. The van der Waals surface area contributed by atoms with Crippen molar-refractivity contribution in [1.29, 1.82) is 0 Å². The summed E-state index contributed by atoms with van der Waals surface area (Å²) in [6, 6.07) is 4.06. The van der Waals surface area contributed by atoms with Crippen LogP contribution in [0.2, 0.25) is 0 Å². The van der Waals surface area contributed by atoms with Crippen LogP contribution in [-0.4, -0.2) is 18.0 Å². The summed E-state index contributed by atoms with van der Waals surface area (Å²) in [4.78, 5) is 12.4. The largest absolute Gasteiger partial charge is 0.463 e. The van der Waals surface area contributed by atoms with Gasteiger partial charge < -0.3 is 15.1 Å². The van der Waals surface area contributed by atoms with Crippen LogP contribution in [0.15, 0.2) is 22.8 Å². The van der Waals surface area contributed by atoms with Crippen molar-refractivity contribution in [2.24, 2.45) is 17.8 Å². The predicted molar refractivity (Wildman–Crippen MR) is 83.0 cm³/mol. The second-order valence-corrected chi connectivity index (χ2v) is 7.99. The first-order valence-corrected chi connectivity index (χ1v) is 8.80. The number of nitrogens with one attached hydrogen (secondary N) is 1. The van der Waals surface area contributed by atoms with Crippen LogP contribution in [0.3, 0.4) is 0 Å². The zero-order valence-corrected chi connectivity index (χ0v) is 13.4. The lowest BCUT2D eigenvalue weighted by Gasteiger charge is -2.56. The molecule has 1 atom stereocenters. The molecule has 3 N–H and O–H groups in total. The molecule has 0 spiro atoms. The van der Waals surface area contributed by atoms with E-state index in [2.05, 4.69) is 17.6 Å². The topological polar surface area (TPSA) is 58.9 Å². The van der Waals surface area contributed by atoms with Crippen LogP contribution < -0.4 is 10.6 Å². The number of quaternary nitrogens is 1. The van der Waals surface area contributed by atoms with E-state index < -0.39 is 0 Å². The molecule has 0 unspecified atom stereocenters. The van der Waals surface area contributed by atoms with Crippen LogP contribution in [-0.2, 0) is 4.79 Å². The second kappa shape index (κ2) is 5.41. The molecule has 1 heterocycles. The van der Waals surface area contributed by atoms with E-state index in [1.54, 1.807) is 6.26 Å². The molecule has 1 aromatic rings. The van der Waals surface area contributed by atoms with Gasteiger partial charge >= 0.3 is 0 Å². The number of rotatable bonds is 5. The van der Waals surface area contributed by atoms with Crippen molar-refractivity contribution < 1.29 is 14.5 Å². The highest BCUT2D eigenvalue weighted by Crippen LogP contribution is 2.55. The van der Waals surface area contributed by atoms with Gasteiger partial charge in [0.1, 0.15) is 6.04 Å². The van der Waals surface area contributed by atoms with Crippen molar-refractivity contribution in [3.8, 4) is 0 Å². The quantitative estimate of drug-likeness (QED) is 0.874. The highest BCUT2D eigenvalue weighted by atomic mass is 16.3. The van der Waals surface area contributed by atoms with E-state index in [4.69, 9.17) is 4.42 Å². The Hall–Kier alpha value is -1.29. The Morgan fingerprint density at radius 2 is 1.95 bits per heavy atom. The van der Waals surface area contributed by atoms with Gasteiger partial charge in [-0.2, -0.15) is 0 Å². The summed E-state index contributed by atoms with van der Waals surface area (Å²) >= 11 is 0. The average Bonchev–Trinajstić information content (AvgIpc) is 2.97. The standard InChI is InChI=1S/C18H26N2O2/c1-12(16-3-2-4-22-16)19-11-17(21)20-18-8-13-5-14(9-18)7-15(6-13)10-18/h2-4,12-15,19H,5-11H2,1H3,(H,20,21)/p+1/t12-,13?,14?,15?,18?/m0/s1. The average molecular weight is 303 g/mol. The van der Waals surface area contributed by atoms with Crippen LogP contribution in [0.5, 0.6) is 0 Å². The Morgan fingerprint density at radius 1 is 1.32 bits per heavy atom. The van der Waals surface area contributed by atoms with Crippen molar-refractivity contribution >= 4 is 5.91 Å². The Kier molecular flexibility index (Phi) is 3.52. The molecule has 0 radical (unpaired) electrons. The van der Waals surface area contributed by atoms with Gasteiger partial charge in [0, 0.05) is 5.54 Å². The first kappa shape index (κ1) is 14.3. The van der Waals surface area contributed by atoms with Gasteiger partial charge in [0.2, 0.25) is 0 Å².